The fourth-order valence-corrected chi connectivity index (χ4v) is 2.53. The van der Waals surface area contributed by atoms with Crippen LogP contribution in [0.15, 0.2) is 30.3 Å². The molecule has 1 saturated heterocycles. The van der Waals surface area contributed by atoms with Crippen molar-refractivity contribution in [2.75, 3.05) is 19.6 Å². The Kier molecular flexibility index (Phi) is 4.74. The van der Waals surface area contributed by atoms with Crippen LogP contribution in [0.5, 0.6) is 0 Å². The Balaban J connectivity index is 1.96. The lowest BCUT2D eigenvalue weighted by Gasteiger charge is -2.17. The summed E-state index contributed by atoms with van der Waals surface area (Å²) in [4.78, 5) is 23.4. The van der Waals surface area contributed by atoms with Gasteiger partial charge in [-0.3, -0.25) is 9.59 Å². The SMILES string of the molecule is CC1CNCC1C(=O)NCC(C(=O)O)c1ccccc1. The van der Waals surface area contributed by atoms with E-state index >= 15 is 0 Å². The largest absolute Gasteiger partial charge is 0.481 e. The number of nitrogens with one attached hydrogen (secondary N) is 2. The molecule has 0 radical (unpaired) electrons. The summed E-state index contributed by atoms with van der Waals surface area (Å²) in [5.41, 5.74) is 0.706. The number of benzene rings is 1. The lowest BCUT2D eigenvalue weighted by molar-refractivity contribution is -0.138. The average Bonchev–Trinajstić information content (AvgIpc) is 2.86. The summed E-state index contributed by atoms with van der Waals surface area (Å²) in [6.07, 6.45) is 0. The number of carbonyl (C=O) groups is 2. The Hall–Kier alpha value is -1.88. The Bertz CT molecular complexity index is 475. The Morgan fingerprint density at radius 2 is 2.05 bits per heavy atom. The molecule has 1 aliphatic rings. The van der Waals surface area contributed by atoms with Gasteiger partial charge in [0.05, 0.1) is 11.8 Å². The Labute approximate surface area is 118 Å². The number of aliphatic carboxylic acids is 1. The van der Waals surface area contributed by atoms with Gasteiger partial charge < -0.3 is 15.7 Å². The fourth-order valence-electron chi connectivity index (χ4n) is 2.53. The van der Waals surface area contributed by atoms with E-state index in [0.29, 0.717) is 12.1 Å². The van der Waals surface area contributed by atoms with Crippen molar-refractivity contribution in [2.24, 2.45) is 11.8 Å². The molecule has 108 valence electrons. The third-order valence-electron chi connectivity index (χ3n) is 3.83. The van der Waals surface area contributed by atoms with Crippen molar-refractivity contribution in [2.45, 2.75) is 12.8 Å². The molecule has 1 aromatic rings. The van der Waals surface area contributed by atoms with Gasteiger partial charge in [-0.05, 0) is 18.0 Å². The summed E-state index contributed by atoms with van der Waals surface area (Å²) in [5.74, 6) is -1.47. The summed E-state index contributed by atoms with van der Waals surface area (Å²) >= 11 is 0. The zero-order valence-corrected chi connectivity index (χ0v) is 11.5. The van der Waals surface area contributed by atoms with E-state index in [0.717, 1.165) is 6.54 Å². The molecule has 1 heterocycles. The Morgan fingerprint density at radius 3 is 2.60 bits per heavy atom. The van der Waals surface area contributed by atoms with Gasteiger partial charge in [0.2, 0.25) is 5.91 Å². The predicted octanol–water partition coefficient (Wildman–Crippen LogP) is 0.827. The average molecular weight is 276 g/mol. The van der Waals surface area contributed by atoms with Crippen molar-refractivity contribution < 1.29 is 14.7 Å². The minimum absolute atomic E-state index is 0.0651. The highest BCUT2D eigenvalue weighted by atomic mass is 16.4. The molecule has 3 unspecified atom stereocenters. The molecular weight excluding hydrogens is 256 g/mol. The van der Waals surface area contributed by atoms with Crippen LogP contribution in [0.2, 0.25) is 0 Å². The van der Waals surface area contributed by atoms with Gasteiger partial charge in [-0.15, -0.1) is 0 Å². The van der Waals surface area contributed by atoms with Crippen molar-refractivity contribution in [3.05, 3.63) is 35.9 Å². The summed E-state index contributed by atoms with van der Waals surface area (Å²) in [7, 11) is 0. The van der Waals surface area contributed by atoms with Gasteiger partial charge in [-0.25, -0.2) is 0 Å². The van der Waals surface area contributed by atoms with Gasteiger partial charge in [0, 0.05) is 13.1 Å². The number of rotatable bonds is 5. The first-order valence-corrected chi connectivity index (χ1v) is 6.85. The van der Waals surface area contributed by atoms with E-state index in [4.69, 9.17) is 0 Å². The maximum absolute atomic E-state index is 12.1. The van der Waals surface area contributed by atoms with Crippen LogP contribution in [0, 0.1) is 11.8 Å². The molecule has 2 rings (SSSR count). The second-order valence-electron chi connectivity index (χ2n) is 5.29. The molecule has 1 fully saturated rings. The van der Waals surface area contributed by atoms with E-state index in [2.05, 4.69) is 10.6 Å². The fraction of sp³-hybridized carbons (Fsp3) is 0.467. The van der Waals surface area contributed by atoms with Crippen LogP contribution in [0.1, 0.15) is 18.4 Å². The molecule has 1 aliphatic heterocycles. The third kappa shape index (κ3) is 3.36. The molecule has 0 bridgehead atoms. The van der Waals surface area contributed by atoms with Gasteiger partial charge in [0.25, 0.3) is 0 Å². The van der Waals surface area contributed by atoms with Gasteiger partial charge in [0.1, 0.15) is 0 Å². The molecule has 0 aliphatic carbocycles. The summed E-state index contributed by atoms with van der Waals surface area (Å²) in [6, 6.07) is 8.98. The standard InChI is InChI=1S/C15H20N2O3/c1-10-7-16-8-12(10)14(18)17-9-13(15(19)20)11-5-3-2-4-6-11/h2-6,10,12-13,16H,7-9H2,1H3,(H,17,18)(H,19,20). The van der Waals surface area contributed by atoms with E-state index in [1.807, 2.05) is 13.0 Å². The summed E-state index contributed by atoms with van der Waals surface area (Å²) in [5, 5.41) is 15.2. The first-order chi connectivity index (χ1) is 9.59. The molecule has 20 heavy (non-hydrogen) atoms. The van der Waals surface area contributed by atoms with E-state index in [-0.39, 0.29) is 24.3 Å². The summed E-state index contributed by atoms with van der Waals surface area (Å²) < 4.78 is 0. The maximum atomic E-state index is 12.1. The molecule has 3 N–H and O–H groups in total. The second-order valence-corrected chi connectivity index (χ2v) is 5.29. The first-order valence-electron chi connectivity index (χ1n) is 6.85. The van der Waals surface area contributed by atoms with E-state index in [1.165, 1.54) is 0 Å². The molecule has 0 spiro atoms. The van der Waals surface area contributed by atoms with Crippen molar-refractivity contribution in [3.8, 4) is 0 Å². The van der Waals surface area contributed by atoms with Crippen LogP contribution in [-0.4, -0.2) is 36.6 Å². The van der Waals surface area contributed by atoms with Gasteiger partial charge in [-0.2, -0.15) is 0 Å². The molecule has 5 heteroatoms. The highest BCUT2D eigenvalue weighted by Gasteiger charge is 2.30. The lowest BCUT2D eigenvalue weighted by Crippen LogP contribution is -2.38. The molecule has 0 aromatic heterocycles. The van der Waals surface area contributed by atoms with Crippen molar-refractivity contribution >= 4 is 11.9 Å². The molecule has 3 atom stereocenters. The molecule has 0 saturated carbocycles. The number of carbonyl (C=O) groups excluding carboxylic acids is 1. The van der Waals surface area contributed by atoms with Gasteiger partial charge in [0.15, 0.2) is 0 Å². The Morgan fingerprint density at radius 1 is 1.35 bits per heavy atom. The van der Waals surface area contributed by atoms with E-state index in [9.17, 15) is 14.7 Å². The normalized spacial score (nSPS) is 23.2. The number of amides is 1. The monoisotopic (exact) mass is 276 g/mol. The molecule has 5 nitrogen and oxygen atoms in total. The molecule has 1 aromatic carbocycles. The van der Waals surface area contributed by atoms with Crippen molar-refractivity contribution in [1.82, 2.24) is 10.6 Å². The quantitative estimate of drug-likeness (QED) is 0.744. The van der Waals surface area contributed by atoms with Crippen LogP contribution in [0.3, 0.4) is 0 Å². The van der Waals surface area contributed by atoms with Crippen LogP contribution >= 0.6 is 0 Å². The zero-order valence-electron chi connectivity index (χ0n) is 11.5. The number of hydrogen-bond acceptors (Lipinski definition) is 3. The number of hydrogen-bond donors (Lipinski definition) is 3. The van der Waals surface area contributed by atoms with Crippen LogP contribution < -0.4 is 10.6 Å². The van der Waals surface area contributed by atoms with Gasteiger partial charge in [-0.1, -0.05) is 37.3 Å². The van der Waals surface area contributed by atoms with Crippen LogP contribution in [0.4, 0.5) is 0 Å². The van der Waals surface area contributed by atoms with E-state index in [1.54, 1.807) is 24.3 Å². The maximum Gasteiger partial charge on any atom is 0.312 e. The minimum atomic E-state index is -0.922. The van der Waals surface area contributed by atoms with E-state index < -0.39 is 11.9 Å². The molecule has 1 amide bonds. The van der Waals surface area contributed by atoms with Crippen molar-refractivity contribution in [1.29, 1.82) is 0 Å². The van der Waals surface area contributed by atoms with Gasteiger partial charge >= 0.3 is 5.97 Å². The molecular formula is C15H20N2O3. The lowest BCUT2D eigenvalue weighted by atomic mass is 9.96. The number of carboxylic acid groups (broad SMARTS) is 1. The topological polar surface area (TPSA) is 78.4 Å². The number of carboxylic acids is 1. The third-order valence-corrected chi connectivity index (χ3v) is 3.83. The summed E-state index contributed by atoms with van der Waals surface area (Å²) in [6.45, 7) is 3.65. The highest BCUT2D eigenvalue weighted by molar-refractivity contribution is 5.81. The van der Waals surface area contributed by atoms with Crippen LogP contribution in [-0.2, 0) is 9.59 Å². The van der Waals surface area contributed by atoms with Crippen LogP contribution in [0.25, 0.3) is 0 Å². The highest BCUT2D eigenvalue weighted by Crippen LogP contribution is 2.18. The smallest absolute Gasteiger partial charge is 0.312 e. The first kappa shape index (κ1) is 14.5. The zero-order chi connectivity index (χ0) is 14.5. The predicted molar refractivity (Wildman–Crippen MR) is 75.4 cm³/mol. The second kappa shape index (κ2) is 6.52. The van der Waals surface area contributed by atoms with Crippen molar-refractivity contribution in [3.63, 3.8) is 0 Å². The minimum Gasteiger partial charge on any atom is -0.481 e.